The number of alkyl halides is 3. The fraction of sp³-hybridized carbons (Fsp3) is 0.133. The largest absolute Gasteiger partial charge is 0.416 e. The predicted octanol–water partition coefficient (Wildman–Crippen LogP) is 3.54. The molecule has 1 amide bonds. The summed E-state index contributed by atoms with van der Waals surface area (Å²) >= 11 is 0. The Morgan fingerprint density at radius 1 is 1.13 bits per heavy atom. The Labute approximate surface area is 128 Å². The van der Waals surface area contributed by atoms with E-state index in [2.05, 4.69) is 20.5 Å². The molecule has 0 unspecified atom stereocenters. The third-order valence-corrected chi connectivity index (χ3v) is 3.27. The number of hydrogen-bond acceptors (Lipinski definition) is 3. The summed E-state index contributed by atoms with van der Waals surface area (Å²) < 4.78 is 37.5. The number of carbonyl (C=O) groups excluding carboxylic acids is 1. The number of aromatic nitrogens is 3. The van der Waals surface area contributed by atoms with E-state index in [0.29, 0.717) is 11.0 Å². The van der Waals surface area contributed by atoms with E-state index in [1.807, 2.05) is 6.92 Å². The molecule has 0 aliphatic carbocycles. The molecule has 1 aromatic carbocycles. The number of fused-ring (bicyclic) bond motifs is 1. The first-order valence-corrected chi connectivity index (χ1v) is 6.65. The van der Waals surface area contributed by atoms with Crippen LogP contribution in [0.15, 0.2) is 36.4 Å². The molecule has 0 spiro atoms. The molecule has 0 saturated carbocycles. The highest BCUT2D eigenvalue weighted by Crippen LogP contribution is 2.29. The molecule has 8 heteroatoms. The summed E-state index contributed by atoms with van der Waals surface area (Å²) in [5, 5.41) is 9.83. The lowest BCUT2D eigenvalue weighted by Gasteiger charge is -2.07. The second-order valence-electron chi connectivity index (χ2n) is 4.95. The zero-order chi connectivity index (χ0) is 16.6. The number of amides is 1. The van der Waals surface area contributed by atoms with Gasteiger partial charge in [0.1, 0.15) is 0 Å². The van der Waals surface area contributed by atoms with Crippen LogP contribution in [0.25, 0.3) is 11.0 Å². The van der Waals surface area contributed by atoms with Crippen molar-refractivity contribution >= 4 is 22.8 Å². The van der Waals surface area contributed by atoms with Crippen molar-refractivity contribution in [3.8, 4) is 0 Å². The summed E-state index contributed by atoms with van der Waals surface area (Å²) in [5.74, 6) is -0.273. The lowest BCUT2D eigenvalue weighted by molar-refractivity contribution is -0.137. The van der Waals surface area contributed by atoms with E-state index in [4.69, 9.17) is 0 Å². The molecule has 2 aromatic heterocycles. The smallest absolute Gasteiger partial charge is 0.305 e. The van der Waals surface area contributed by atoms with Crippen molar-refractivity contribution in [2.24, 2.45) is 0 Å². The summed E-state index contributed by atoms with van der Waals surface area (Å²) in [6, 6.07) is 7.49. The zero-order valence-electron chi connectivity index (χ0n) is 11.9. The summed E-state index contributed by atoms with van der Waals surface area (Å²) in [7, 11) is 0. The van der Waals surface area contributed by atoms with Crippen molar-refractivity contribution in [3.05, 3.63) is 53.2 Å². The van der Waals surface area contributed by atoms with Gasteiger partial charge in [0.2, 0.25) is 0 Å². The molecular formula is C15H11F3N4O. The van der Waals surface area contributed by atoms with Crippen LogP contribution in [0.2, 0.25) is 0 Å². The summed E-state index contributed by atoms with van der Waals surface area (Å²) in [5.41, 5.74) is 0.614. The normalized spacial score (nSPS) is 11.7. The van der Waals surface area contributed by atoms with Crippen LogP contribution in [0.1, 0.15) is 21.6 Å². The number of aryl methyl sites for hydroxylation is 1. The minimum absolute atomic E-state index is 0.106. The van der Waals surface area contributed by atoms with Crippen LogP contribution in [-0.2, 0) is 6.18 Å². The quantitative estimate of drug-likeness (QED) is 0.759. The van der Waals surface area contributed by atoms with E-state index >= 15 is 0 Å². The number of rotatable bonds is 2. The highest BCUT2D eigenvalue weighted by Gasteiger charge is 2.30. The molecule has 3 aromatic rings. The van der Waals surface area contributed by atoms with Gasteiger partial charge >= 0.3 is 6.18 Å². The van der Waals surface area contributed by atoms with E-state index in [0.717, 1.165) is 30.0 Å². The van der Waals surface area contributed by atoms with Gasteiger partial charge in [0.25, 0.3) is 5.91 Å². The summed E-state index contributed by atoms with van der Waals surface area (Å²) in [6.45, 7) is 1.82. The monoisotopic (exact) mass is 320 g/mol. The SMILES string of the molecule is Cc1ccc2c(NC(=O)c3ccc(C(F)(F)F)cc3)n[nH]c2n1. The number of aromatic amines is 1. The average molecular weight is 320 g/mol. The van der Waals surface area contributed by atoms with Gasteiger partial charge in [-0.05, 0) is 43.3 Å². The topological polar surface area (TPSA) is 70.7 Å². The maximum Gasteiger partial charge on any atom is 0.416 e. The third kappa shape index (κ3) is 3.01. The van der Waals surface area contributed by atoms with Gasteiger partial charge in [-0.25, -0.2) is 4.98 Å². The molecule has 0 fully saturated rings. The van der Waals surface area contributed by atoms with Gasteiger partial charge in [0, 0.05) is 11.3 Å². The molecule has 5 nitrogen and oxygen atoms in total. The van der Waals surface area contributed by atoms with Gasteiger partial charge in [-0.3, -0.25) is 9.89 Å². The van der Waals surface area contributed by atoms with Crippen LogP contribution in [0.3, 0.4) is 0 Å². The molecule has 0 saturated heterocycles. The first-order chi connectivity index (χ1) is 10.8. The Kier molecular flexibility index (Phi) is 3.51. The van der Waals surface area contributed by atoms with Gasteiger partial charge in [0.15, 0.2) is 11.5 Å². The van der Waals surface area contributed by atoms with Gasteiger partial charge in [-0.2, -0.15) is 18.3 Å². The number of hydrogen-bond donors (Lipinski definition) is 2. The number of carbonyl (C=O) groups is 1. The van der Waals surface area contributed by atoms with E-state index < -0.39 is 17.6 Å². The van der Waals surface area contributed by atoms with Crippen molar-refractivity contribution in [2.75, 3.05) is 5.32 Å². The van der Waals surface area contributed by atoms with Gasteiger partial charge in [0.05, 0.1) is 10.9 Å². The second kappa shape index (κ2) is 5.38. The number of nitrogens with one attached hydrogen (secondary N) is 2. The maximum absolute atomic E-state index is 12.5. The molecule has 0 radical (unpaired) electrons. The van der Waals surface area contributed by atoms with Crippen molar-refractivity contribution in [3.63, 3.8) is 0 Å². The number of halogens is 3. The van der Waals surface area contributed by atoms with Gasteiger partial charge < -0.3 is 5.32 Å². The van der Waals surface area contributed by atoms with Crippen molar-refractivity contribution in [1.82, 2.24) is 15.2 Å². The number of nitrogens with zero attached hydrogens (tertiary/aromatic N) is 2. The van der Waals surface area contributed by atoms with E-state index in [1.165, 1.54) is 0 Å². The van der Waals surface area contributed by atoms with Crippen LogP contribution >= 0.6 is 0 Å². The van der Waals surface area contributed by atoms with Gasteiger partial charge in [-0.1, -0.05) is 0 Å². The van der Waals surface area contributed by atoms with Crippen molar-refractivity contribution in [1.29, 1.82) is 0 Å². The van der Waals surface area contributed by atoms with Crippen LogP contribution in [0.4, 0.5) is 19.0 Å². The number of pyridine rings is 1. The predicted molar refractivity (Wildman–Crippen MR) is 78.0 cm³/mol. The molecule has 3 rings (SSSR count). The molecule has 2 heterocycles. The van der Waals surface area contributed by atoms with Crippen molar-refractivity contribution < 1.29 is 18.0 Å². The Bertz CT molecular complexity index is 869. The second-order valence-corrected chi connectivity index (χ2v) is 4.95. The average Bonchev–Trinajstić information content (AvgIpc) is 2.88. The molecule has 0 aliphatic rings. The molecular weight excluding hydrogens is 309 g/mol. The number of H-pyrrole nitrogens is 1. The van der Waals surface area contributed by atoms with E-state index in [-0.39, 0.29) is 11.4 Å². The van der Waals surface area contributed by atoms with Gasteiger partial charge in [-0.15, -0.1) is 0 Å². The highest BCUT2D eigenvalue weighted by molar-refractivity contribution is 6.07. The maximum atomic E-state index is 12.5. The highest BCUT2D eigenvalue weighted by atomic mass is 19.4. The molecule has 2 N–H and O–H groups in total. The van der Waals surface area contributed by atoms with Crippen LogP contribution in [0.5, 0.6) is 0 Å². The fourth-order valence-electron chi connectivity index (χ4n) is 2.09. The lowest BCUT2D eigenvalue weighted by Crippen LogP contribution is -2.13. The minimum Gasteiger partial charge on any atom is -0.305 e. The Morgan fingerprint density at radius 3 is 2.48 bits per heavy atom. The van der Waals surface area contributed by atoms with Crippen LogP contribution in [-0.4, -0.2) is 21.1 Å². The summed E-state index contributed by atoms with van der Waals surface area (Å²) in [6.07, 6.45) is -4.43. The zero-order valence-corrected chi connectivity index (χ0v) is 11.9. The molecule has 0 bridgehead atoms. The molecule has 0 aliphatic heterocycles. The lowest BCUT2D eigenvalue weighted by atomic mass is 10.1. The third-order valence-electron chi connectivity index (χ3n) is 3.27. The molecule has 0 atom stereocenters. The Morgan fingerprint density at radius 2 is 1.83 bits per heavy atom. The Balaban J connectivity index is 1.83. The first-order valence-electron chi connectivity index (χ1n) is 6.65. The first kappa shape index (κ1) is 15.0. The van der Waals surface area contributed by atoms with E-state index in [1.54, 1.807) is 12.1 Å². The molecule has 23 heavy (non-hydrogen) atoms. The fourth-order valence-corrected chi connectivity index (χ4v) is 2.09. The minimum atomic E-state index is -4.43. The van der Waals surface area contributed by atoms with Crippen LogP contribution in [0, 0.1) is 6.92 Å². The Hall–Kier alpha value is -2.90. The number of benzene rings is 1. The summed E-state index contributed by atoms with van der Waals surface area (Å²) in [4.78, 5) is 16.3. The standard InChI is InChI=1S/C15H11F3N4O/c1-8-2-7-11-12(19-8)21-22-13(11)20-14(23)9-3-5-10(6-4-9)15(16,17)18/h2-7H,1H3,(H2,19,20,21,22,23). The van der Waals surface area contributed by atoms with Crippen molar-refractivity contribution in [2.45, 2.75) is 13.1 Å². The van der Waals surface area contributed by atoms with Crippen LogP contribution < -0.4 is 5.32 Å². The number of anilines is 1. The van der Waals surface area contributed by atoms with E-state index in [9.17, 15) is 18.0 Å². The molecule has 118 valence electrons.